The Balaban J connectivity index is 2.82. The summed E-state index contributed by atoms with van der Waals surface area (Å²) in [4.78, 5) is 2.02. The molecule has 0 heterocycles. The SMILES string of the molecule is C=C(N(C)CN)C1(C(C)N)CCCC1. The van der Waals surface area contributed by atoms with Gasteiger partial charge in [0.25, 0.3) is 0 Å². The molecule has 14 heavy (non-hydrogen) atoms. The fourth-order valence-electron chi connectivity index (χ4n) is 2.50. The van der Waals surface area contributed by atoms with Crippen molar-refractivity contribution in [3.05, 3.63) is 12.3 Å². The lowest BCUT2D eigenvalue weighted by molar-refractivity contribution is 0.224. The summed E-state index contributed by atoms with van der Waals surface area (Å²) in [5, 5.41) is 0. The van der Waals surface area contributed by atoms with E-state index >= 15 is 0 Å². The Morgan fingerprint density at radius 2 is 2.00 bits per heavy atom. The standard InChI is InChI=1S/C11H23N3/c1-9(13)11(6-4-5-7-11)10(2)14(3)8-12/h9H,2,4-8,12-13H2,1,3H3. The van der Waals surface area contributed by atoms with Gasteiger partial charge in [-0.15, -0.1) is 0 Å². The minimum absolute atomic E-state index is 0.105. The van der Waals surface area contributed by atoms with Gasteiger partial charge in [-0.1, -0.05) is 19.4 Å². The van der Waals surface area contributed by atoms with Crippen molar-refractivity contribution in [2.24, 2.45) is 16.9 Å². The largest absolute Gasteiger partial charge is 0.365 e. The Bertz CT molecular complexity index is 205. The van der Waals surface area contributed by atoms with Gasteiger partial charge in [0, 0.05) is 24.2 Å². The first kappa shape index (κ1) is 11.5. The van der Waals surface area contributed by atoms with Gasteiger partial charge in [-0.25, -0.2) is 0 Å². The van der Waals surface area contributed by atoms with E-state index in [1.54, 1.807) is 0 Å². The molecule has 4 N–H and O–H groups in total. The van der Waals surface area contributed by atoms with E-state index in [4.69, 9.17) is 11.5 Å². The van der Waals surface area contributed by atoms with Gasteiger partial charge in [-0.2, -0.15) is 0 Å². The Morgan fingerprint density at radius 1 is 1.50 bits per heavy atom. The third-order valence-corrected chi connectivity index (χ3v) is 3.68. The van der Waals surface area contributed by atoms with Crippen molar-refractivity contribution in [2.75, 3.05) is 13.7 Å². The van der Waals surface area contributed by atoms with Crippen molar-refractivity contribution in [1.82, 2.24) is 4.90 Å². The van der Waals surface area contributed by atoms with E-state index < -0.39 is 0 Å². The molecule has 1 unspecified atom stereocenters. The van der Waals surface area contributed by atoms with Crippen LogP contribution in [0.3, 0.4) is 0 Å². The molecule has 1 aliphatic rings. The number of hydrogen-bond donors (Lipinski definition) is 2. The molecule has 0 aromatic heterocycles. The lowest BCUT2D eigenvalue weighted by Crippen LogP contribution is -2.44. The van der Waals surface area contributed by atoms with Gasteiger partial charge in [0.1, 0.15) is 0 Å². The van der Waals surface area contributed by atoms with E-state index in [9.17, 15) is 0 Å². The van der Waals surface area contributed by atoms with Crippen LogP contribution in [0.1, 0.15) is 32.6 Å². The average molecular weight is 197 g/mol. The third kappa shape index (κ3) is 1.79. The van der Waals surface area contributed by atoms with E-state index in [0.717, 1.165) is 18.5 Å². The molecule has 0 spiro atoms. The Morgan fingerprint density at radius 3 is 2.36 bits per heavy atom. The van der Waals surface area contributed by atoms with Crippen LogP contribution in [-0.2, 0) is 0 Å². The Hall–Kier alpha value is -0.540. The van der Waals surface area contributed by atoms with Gasteiger partial charge in [-0.3, -0.25) is 0 Å². The molecule has 3 nitrogen and oxygen atoms in total. The fraction of sp³-hybridized carbons (Fsp3) is 0.818. The van der Waals surface area contributed by atoms with Gasteiger partial charge in [0.2, 0.25) is 0 Å². The highest BCUT2D eigenvalue weighted by Crippen LogP contribution is 2.46. The predicted molar refractivity (Wildman–Crippen MR) is 60.5 cm³/mol. The van der Waals surface area contributed by atoms with Gasteiger partial charge in [0.05, 0.1) is 6.67 Å². The summed E-state index contributed by atoms with van der Waals surface area (Å²) in [5.74, 6) is 0. The minimum atomic E-state index is 0.105. The lowest BCUT2D eigenvalue weighted by atomic mass is 9.76. The minimum Gasteiger partial charge on any atom is -0.365 e. The highest BCUT2D eigenvalue weighted by Gasteiger charge is 2.41. The van der Waals surface area contributed by atoms with Crippen molar-refractivity contribution in [3.8, 4) is 0 Å². The van der Waals surface area contributed by atoms with E-state index in [1.807, 2.05) is 11.9 Å². The van der Waals surface area contributed by atoms with Crippen molar-refractivity contribution in [3.63, 3.8) is 0 Å². The normalized spacial score (nSPS) is 22.0. The molecule has 0 aliphatic heterocycles. The second-order valence-corrected chi connectivity index (χ2v) is 4.48. The molecule has 0 saturated heterocycles. The fourth-order valence-corrected chi connectivity index (χ4v) is 2.50. The summed E-state index contributed by atoms with van der Waals surface area (Å²) in [5.41, 5.74) is 12.9. The molecule has 1 aliphatic carbocycles. The first-order valence-corrected chi connectivity index (χ1v) is 5.41. The van der Waals surface area contributed by atoms with Crippen LogP contribution >= 0.6 is 0 Å². The van der Waals surface area contributed by atoms with Gasteiger partial charge < -0.3 is 16.4 Å². The lowest BCUT2D eigenvalue weighted by Gasteiger charge is -2.39. The molecule has 1 rings (SSSR count). The molecule has 3 heteroatoms. The first-order chi connectivity index (χ1) is 6.54. The van der Waals surface area contributed by atoms with Crippen LogP contribution in [0.2, 0.25) is 0 Å². The van der Waals surface area contributed by atoms with Crippen LogP contribution in [0.4, 0.5) is 0 Å². The second kappa shape index (κ2) is 4.32. The molecule has 82 valence electrons. The summed E-state index contributed by atoms with van der Waals surface area (Å²) in [7, 11) is 1.99. The summed E-state index contributed by atoms with van der Waals surface area (Å²) >= 11 is 0. The molecule has 0 bridgehead atoms. The van der Waals surface area contributed by atoms with Crippen LogP contribution in [0.5, 0.6) is 0 Å². The smallest absolute Gasteiger partial charge is 0.0650 e. The van der Waals surface area contributed by atoms with Gasteiger partial charge >= 0.3 is 0 Å². The van der Waals surface area contributed by atoms with Crippen LogP contribution in [0.25, 0.3) is 0 Å². The maximum Gasteiger partial charge on any atom is 0.0650 e. The van der Waals surface area contributed by atoms with Crippen LogP contribution in [0.15, 0.2) is 12.3 Å². The van der Waals surface area contributed by atoms with Crippen LogP contribution in [-0.4, -0.2) is 24.7 Å². The molecule has 1 atom stereocenters. The Labute approximate surface area is 87.1 Å². The number of rotatable bonds is 4. The average Bonchev–Trinajstić information content (AvgIpc) is 2.65. The van der Waals surface area contributed by atoms with Crippen molar-refractivity contribution >= 4 is 0 Å². The molecule has 0 radical (unpaired) electrons. The number of nitrogens with zero attached hydrogens (tertiary/aromatic N) is 1. The highest BCUT2D eigenvalue weighted by atomic mass is 15.2. The topological polar surface area (TPSA) is 55.3 Å². The maximum absolute atomic E-state index is 6.10. The van der Waals surface area contributed by atoms with Crippen LogP contribution in [0, 0.1) is 5.41 Å². The summed E-state index contributed by atoms with van der Waals surface area (Å²) in [6.45, 7) is 6.77. The molecule has 0 aromatic carbocycles. The summed E-state index contributed by atoms with van der Waals surface area (Å²) in [6.07, 6.45) is 4.85. The number of nitrogens with two attached hydrogens (primary N) is 2. The zero-order valence-electron chi connectivity index (χ0n) is 9.42. The van der Waals surface area contributed by atoms with Gasteiger partial charge in [0.15, 0.2) is 0 Å². The molecular formula is C11H23N3. The molecule has 0 aromatic rings. The third-order valence-electron chi connectivity index (χ3n) is 3.68. The maximum atomic E-state index is 6.10. The van der Waals surface area contributed by atoms with E-state index in [0.29, 0.717) is 6.67 Å². The zero-order valence-corrected chi connectivity index (χ0v) is 9.42. The van der Waals surface area contributed by atoms with Crippen molar-refractivity contribution < 1.29 is 0 Å². The van der Waals surface area contributed by atoms with Crippen molar-refractivity contribution in [1.29, 1.82) is 0 Å². The van der Waals surface area contributed by atoms with E-state index in [2.05, 4.69) is 13.5 Å². The molecule has 1 saturated carbocycles. The zero-order chi connectivity index (χ0) is 10.8. The number of hydrogen-bond acceptors (Lipinski definition) is 3. The predicted octanol–water partition coefficient (Wildman–Crippen LogP) is 1.26. The van der Waals surface area contributed by atoms with E-state index in [-0.39, 0.29) is 11.5 Å². The molecule has 0 amide bonds. The molecule has 1 fully saturated rings. The van der Waals surface area contributed by atoms with E-state index in [1.165, 1.54) is 12.8 Å². The summed E-state index contributed by atoms with van der Waals surface area (Å²) in [6, 6.07) is 0.173. The monoisotopic (exact) mass is 197 g/mol. The molecular weight excluding hydrogens is 174 g/mol. The first-order valence-electron chi connectivity index (χ1n) is 5.41. The Kier molecular flexibility index (Phi) is 3.56. The second-order valence-electron chi connectivity index (χ2n) is 4.48. The van der Waals surface area contributed by atoms with Crippen LogP contribution < -0.4 is 11.5 Å². The quantitative estimate of drug-likeness (QED) is 0.667. The van der Waals surface area contributed by atoms with Gasteiger partial charge in [-0.05, 0) is 19.8 Å². The summed E-state index contributed by atoms with van der Waals surface area (Å²) < 4.78 is 0. The highest BCUT2D eigenvalue weighted by molar-refractivity contribution is 5.14. The van der Waals surface area contributed by atoms with Crippen molar-refractivity contribution in [2.45, 2.75) is 38.6 Å².